The molecule has 0 aliphatic carbocycles. The fourth-order valence-corrected chi connectivity index (χ4v) is 2.20. The molecule has 0 fully saturated rings. The largest absolute Gasteiger partial charge is 0.507 e. The first-order valence-electron chi connectivity index (χ1n) is 6.81. The van der Waals surface area contributed by atoms with E-state index >= 15 is 0 Å². The smallest absolute Gasteiger partial charge is 0.125 e. The number of phenolic OH excluding ortho intramolecular Hbond substituents is 2. The van der Waals surface area contributed by atoms with Crippen LogP contribution in [-0.4, -0.2) is 22.6 Å². The number of hydrogen-bond donors (Lipinski definition) is 2. The van der Waals surface area contributed by atoms with Crippen molar-refractivity contribution in [1.29, 1.82) is 0 Å². The SMILES string of the molecule is Oc1ccccc1/C=N/N=C\c1c(O)ccc2ccccc12. The predicted octanol–water partition coefficient (Wildman–Crippen LogP) is 3.70. The van der Waals surface area contributed by atoms with Crippen LogP contribution in [0.4, 0.5) is 0 Å². The molecular formula is C18H14N2O2. The Kier molecular flexibility index (Phi) is 3.83. The average Bonchev–Trinajstić information content (AvgIpc) is 2.55. The molecule has 3 aromatic rings. The van der Waals surface area contributed by atoms with Crippen molar-refractivity contribution in [1.82, 2.24) is 0 Å². The number of phenols is 2. The highest BCUT2D eigenvalue weighted by Gasteiger charge is 2.03. The van der Waals surface area contributed by atoms with Crippen molar-refractivity contribution in [2.24, 2.45) is 10.2 Å². The van der Waals surface area contributed by atoms with E-state index in [-0.39, 0.29) is 11.5 Å². The first kappa shape index (κ1) is 13.8. The van der Waals surface area contributed by atoms with Crippen LogP contribution in [0.5, 0.6) is 11.5 Å². The van der Waals surface area contributed by atoms with Gasteiger partial charge in [-0.05, 0) is 29.0 Å². The van der Waals surface area contributed by atoms with E-state index in [1.54, 1.807) is 30.3 Å². The molecule has 0 saturated carbocycles. The normalized spacial score (nSPS) is 11.6. The number of rotatable bonds is 3. The van der Waals surface area contributed by atoms with Crippen LogP contribution in [-0.2, 0) is 0 Å². The summed E-state index contributed by atoms with van der Waals surface area (Å²) in [6, 6.07) is 18.1. The van der Waals surface area contributed by atoms with Gasteiger partial charge in [0.15, 0.2) is 0 Å². The Balaban J connectivity index is 1.90. The van der Waals surface area contributed by atoms with Gasteiger partial charge in [0.05, 0.1) is 12.4 Å². The zero-order chi connectivity index (χ0) is 15.4. The molecular weight excluding hydrogens is 276 g/mol. The summed E-state index contributed by atoms with van der Waals surface area (Å²) in [6.07, 6.45) is 2.97. The molecule has 22 heavy (non-hydrogen) atoms. The number of nitrogens with zero attached hydrogens (tertiary/aromatic N) is 2. The monoisotopic (exact) mass is 290 g/mol. The summed E-state index contributed by atoms with van der Waals surface area (Å²) in [7, 11) is 0. The minimum absolute atomic E-state index is 0.148. The van der Waals surface area contributed by atoms with Gasteiger partial charge >= 0.3 is 0 Å². The molecule has 108 valence electrons. The van der Waals surface area contributed by atoms with Crippen molar-refractivity contribution in [3.63, 3.8) is 0 Å². The average molecular weight is 290 g/mol. The fourth-order valence-electron chi connectivity index (χ4n) is 2.20. The van der Waals surface area contributed by atoms with E-state index < -0.39 is 0 Å². The summed E-state index contributed by atoms with van der Waals surface area (Å²) in [6.45, 7) is 0. The van der Waals surface area contributed by atoms with Gasteiger partial charge in [0, 0.05) is 11.1 Å². The van der Waals surface area contributed by atoms with Crippen LogP contribution in [0, 0.1) is 0 Å². The maximum atomic E-state index is 9.99. The third-order valence-electron chi connectivity index (χ3n) is 3.33. The highest BCUT2D eigenvalue weighted by Crippen LogP contribution is 2.25. The van der Waals surface area contributed by atoms with Gasteiger partial charge in [-0.1, -0.05) is 42.5 Å². The molecule has 0 amide bonds. The van der Waals surface area contributed by atoms with Crippen LogP contribution in [0.15, 0.2) is 70.9 Å². The number of hydrogen-bond acceptors (Lipinski definition) is 4. The van der Waals surface area contributed by atoms with E-state index in [1.165, 1.54) is 12.4 Å². The first-order valence-corrected chi connectivity index (χ1v) is 6.81. The fraction of sp³-hybridized carbons (Fsp3) is 0. The molecule has 0 aliphatic heterocycles. The Morgan fingerprint density at radius 2 is 1.41 bits per heavy atom. The second-order valence-corrected chi connectivity index (χ2v) is 4.77. The summed E-state index contributed by atoms with van der Waals surface area (Å²) >= 11 is 0. The number of para-hydroxylation sites is 1. The molecule has 2 N–H and O–H groups in total. The topological polar surface area (TPSA) is 65.2 Å². The van der Waals surface area contributed by atoms with Crippen molar-refractivity contribution >= 4 is 23.2 Å². The van der Waals surface area contributed by atoms with Crippen molar-refractivity contribution in [3.05, 3.63) is 71.8 Å². The number of benzene rings is 3. The van der Waals surface area contributed by atoms with E-state index in [9.17, 15) is 10.2 Å². The van der Waals surface area contributed by atoms with Crippen LogP contribution in [0.25, 0.3) is 10.8 Å². The Bertz CT molecular complexity index is 870. The minimum atomic E-state index is 0.148. The van der Waals surface area contributed by atoms with Crippen LogP contribution < -0.4 is 0 Å². The maximum Gasteiger partial charge on any atom is 0.125 e. The lowest BCUT2D eigenvalue weighted by Gasteiger charge is -2.03. The minimum Gasteiger partial charge on any atom is -0.507 e. The highest BCUT2D eigenvalue weighted by atomic mass is 16.3. The molecule has 3 aromatic carbocycles. The van der Waals surface area contributed by atoms with Gasteiger partial charge in [0.2, 0.25) is 0 Å². The van der Waals surface area contributed by atoms with Gasteiger partial charge in [-0.3, -0.25) is 0 Å². The Labute approximate surface area is 127 Å². The van der Waals surface area contributed by atoms with Crippen LogP contribution in [0.2, 0.25) is 0 Å². The van der Waals surface area contributed by atoms with Crippen LogP contribution in [0.3, 0.4) is 0 Å². The predicted molar refractivity (Wildman–Crippen MR) is 88.9 cm³/mol. The maximum absolute atomic E-state index is 9.99. The van der Waals surface area contributed by atoms with Crippen molar-refractivity contribution < 1.29 is 10.2 Å². The number of aromatic hydroxyl groups is 2. The Hall–Kier alpha value is -3.14. The van der Waals surface area contributed by atoms with Gasteiger partial charge in [0.1, 0.15) is 11.5 Å². The molecule has 0 bridgehead atoms. The standard InChI is InChI=1S/C18H14N2O2/c21-17-8-4-2-6-14(17)11-19-20-12-16-15-7-3-1-5-13(15)9-10-18(16)22/h1-12,21-22H/b19-11+,20-12-. The third-order valence-corrected chi connectivity index (χ3v) is 3.33. The second-order valence-electron chi connectivity index (χ2n) is 4.77. The molecule has 0 radical (unpaired) electrons. The summed E-state index contributed by atoms with van der Waals surface area (Å²) in [5, 5.41) is 29.4. The molecule has 3 rings (SSSR count). The molecule has 0 heterocycles. The molecule has 4 heteroatoms. The lowest BCUT2D eigenvalue weighted by atomic mass is 10.0. The van der Waals surface area contributed by atoms with Crippen LogP contribution in [0.1, 0.15) is 11.1 Å². The van der Waals surface area contributed by atoms with E-state index in [0.717, 1.165) is 10.8 Å². The molecule has 0 saturated heterocycles. The Morgan fingerprint density at radius 3 is 2.27 bits per heavy atom. The zero-order valence-corrected chi connectivity index (χ0v) is 11.7. The van der Waals surface area contributed by atoms with E-state index in [1.807, 2.05) is 30.3 Å². The van der Waals surface area contributed by atoms with E-state index in [2.05, 4.69) is 10.2 Å². The molecule has 0 aromatic heterocycles. The highest BCUT2D eigenvalue weighted by molar-refractivity contribution is 6.02. The lowest BCUT2D eigenvalue weighted by Crippen LogP contribution is -1.86. The Morgan fingerprint density at radius 1 is 0.682 bits per heavy atom. The summed E-state index contributed by atoms with van der Waals surface area (Å²) < 4.78 is 0. The second kappa shape index (κ2) is 6.10. The molecule has 0 atom stereocenters. The summed E-state index contributed by atoms with van der Waals surface area (Å²) in [5.74, 6) is 0.301. The van der Waals surface area contributed by atoms with Crippen molar-refractivity contribution in [2.75, 3.05) is 0 Å². The first-order chi connectivity index (χ1) is 10.8. The van der Waals surface area contributed by atoms with Gasteiger partial charge in [0.25, 0.3) is 0 Å². The van der Waals surface area contributed by atoms with Gasteiger partial charge in [-0.15, -0.1) is 0 Å². The molecule has 4 nitrogen and oxygen atoms in total. The molecule has 0 unspecified atom stereocenters. The summed E-state index contributed by atoms with van der Waals surface area (Å²) in [4.78, 5) is 0. The molecule has 0 spiro atoms. The van der Waals surface area contributed by atoms with Gasteiger partial charge in [-0.25, -0.2) is 0 Å². The van der Waals surface area contributed by atoms with E-state index in [4.69, 9.17) is 0 Å². The van der Waals surface area contributed by atoms with Crippen molar-refractivity contribution in [3.8, 4) is 11.5 Å². The van der Waals surface area contributed by atoms with Crippen LogP contribution >= 0.6 is 0 Å². The van der Waals surface area contributed by atoms with Crippen molar-refractivity contribution in [2.45, 2.75) is 0 Å². The zero-order valence-electron chi connectivity index (χ0n) is 11.7. The van der Waals surface area contributed by atoms with Gasteiger partial charge in [-0.2, -0.15) is 10.2 Å². The third kappa shape index (κ3) is 2.81. The lowest BCUT2D eigenvalue weighted by molar-refractivity contribution is 0.474. The van der Waals surface area contributed by atoms with Gasteiger partial charge < -0.3 is 10.2 Å². The van der Waals surface area contributed by atoms with E-state index in [0.29, 0.717) is 11.1 Å². The summed E-state index contributed by atoms with van der Waals surface area (Å²) in [5.41, 5.74) is 1.20. The number of fused-ring (bicyclic) bond motifs is 1. The molecule has 0 aliphatic rings. The quantitative estimate of drug-likeness (QED) is 0.570.